The minimum Gasteiger partial charge on any atom is -0.311 e. The number of benzene rings is 1. The number of nitrogens with one attached hydrogen (secondary N) is 1. The smallest absolute Gasteiger partial charge is 0.257 e. The van der Waals surface area contributed by atoms with Gasteiger partial charge in [-0.3, -0.25) is 14.9 Å². The Morgan fingerprint density at radius 2 is 2.20 bits per heavy atom. The van der Waals surface area contributed by atoms with E-state index in [1.807, 2.05) is 0 Å². The minimum atomic E-state index is -0.295. The topological polar surface area (TPSA) is 75.2 Å². The van der Waals surface area contributed by atoms with Gasteiger partial charge in [-0.1, -0.05) is 36.8 Å². The van der Waals surface area contributed by atoms with Gasteiger partial charge < -0.3 is 4.90 Å². The van der Waals surface area contributed by atoms with Gasteiger partial charge in [0.15, 0.2) is 0 Å². The number of anilines is 2. The number of carbonyl (C=O) groups excluding carboxylic acids is 2. The van der Waals surface area contributed by atoms with Gasteiger partial charge in [-0.25, -0.2) is 0 Å². The van der Waals surface area contributed by atoms with E-state index in [1.165, 1.54) is 11.3 Å². The summed E-state index contributed by atoms with van der Waals surface area (Å²) >= 11 is 7.58. The largest absolute Gasteiger partial charge is 0.311 e. The molecule has 1 N–H and O–H groups in total. The summed E-state index contributed by atoms with van der Waals surface area (Å²) in [6.45, 7) is 4.83. The zero-order valence-corrected chi connectivity index (χ0v) is 15.7. The molecule has 6 nitrogen and oxygen atoms in total. The maximum Gasteiger partial charge on any atom is 0.257 e. The molecule has 3 rings (SSSR count). The van der Waals surface area contributed by atoms with Crippen molar-refractivity contribution < 1.29 is 9.59 Å². The van der Waals surface area contributed by atoms with E-state index in [1.54, 1.807) is 23.1 Å². The number of carbonyl (C=O) groups is 2. The second-order valence-electron chi connectivity index (χ2n) is 6.37. The summed E-state index contributed by atoms with van der Waals surface area (Å²) in [6, 6.07) is 4.93. The molecule has 2 amide bonds. The van der Waals surface area contributed by atoms with Crippen LogP contribution in [0.25, 0.3) is 0 Å². The number of rotatable bonds is 5. The van der Waals surface area contributed by atoms with Crippen LogP contribution in [0.15, 0.2) is 18.2 Å². The fraction of sp³-hybridized carbons (Fsp3) is 0.412. The Morgan fingerprint density at radius 1 is 1.40 bits per heavy atom. The molecule has 1 aromatic heterocycles. The van der Waals surface area contributed by atoms with Crippen LogP contribution >= 0.6 is 22.9 Å². The number of halogens is 1. The Hall–Kier alpha value is -1.99. The van der Waals surface area contributed by atoms with Crippen molar-refractivity contribution in [3.63, 3.8) is 0 Å². The standard InChI is InChI=1S/C17H19ClN4O2S/c1-10(2)8-14-20-21-17(25-14)19-16(24)11-5-6-12(18)13(9-11)22-7-3-4-15(22)23/h5-6,9-10H,3-4,7-8H2,1-2H3,(H,19,21,24). The van der Waals surface area contributed by atoms with Gasteiger partial charge >= 0.3 is 0 Å². The van der Waals surface area contributed by atoms with Crippen molar-refractivity contribution >= 4 is 45.6 Å². The maximum absolute atomic E-state index is 12.5. The van der Waals surface area contributed by atoms with Crippen LogP contribution in [0.1, 0.15) is 42.1 Å². The van der Waals surface area contributed by atoms with E-state index in [9.17, 15) is 9.59 Å². The lowest BCUT2D eigenvalue weighted by Gasteiger charge is -2.18. The molecule has 0 aliphatic carbocycles. The Bertz CT molecular complexity index is 806. The summed E-state index contributed by atoms with van der Waals surface area (Å²) in [5.74, 6) is 0.215. The van der Waals surface area contributed by atoms with Crippen LogP contribution in [0, 0.1) is 5.92 Å². The molecule has 0 bridgehead atoms. The summed E-state index contributed by atoms with van der Waals surface area (Å²) in [7, 11) is 0. The van der Waals surface area contributed by atoms with Gasteiger partial charge in [-0.15, -0.1) is 10.2 Å². The Morgan fingerprint density at radius 3 is 2.88 bits per heavy atom. The van der Waals surface area contributed by atoms with Crippen LogP contribution in [0.4, 0.5) is 10.8 Å². The number of amides is 2. The van der Waals surface area contributed by atoms with E-state index in [0.29, 0.717) is 40.3 Å². The van der Waals surface area contributed by atoms with E-state index in [-0.39, 0.29) is 11.8 Å². The Balaban J connectivity index is 1.76. The van der Waals surface area contributed by atoms with Gasteiger partial charge in [-0.2, -0.15) is 0 Å². The molecule has 25 heavy (non-hydrogen) atoms. The number of hydrogen-bond donors (Lipinski definition) is 1. The first-order valence-electron chi connectivity index (χ1n) is 8.17. The van der Waals surface area contributed by atoms with E-state index in [2.05, 4.69) is 29.4 Å². The molecule has 1 fully saturated rings. The van der Waals surface area contributed by atoms with Crippen LogP contribution < -0.4 is 10.2 Å². The van der Waals surface area contributed by atoms with Crippen molar-refractivity contribution in [3.8, 4) is 0 Å². The van der Waals surface area contributed by atoms with Crippen LogP contribution in [0.3, 0.4) is 0 Å². The fourth-order valence-electron chi connectivity index (χ4n) is 2.67. The lowest BCUT2D eigenvalue weighted by molar-refractivity contribution is -0.117. The van der Waals surface area contributed by atoms with Crippen molar-refractivity contribution in [1.29, 1.82) is 0 Å². The molecule has 1 saturated heterocycles. The molecule has 2 aromatic rings. The lowest BCUT2D eigenvalue weighted by Crippen LogP contribution is -2.24. The number of aromatic nitrogens is 2. The first-order valence-corrected chi connectivity index (χ1v) is 9.37. The Kier molecular flexibility index (Phi) is 5.34. The van der Waals surface area contributed by atoms with Gasteiger partial charge in [0.05, 0.1) is 10.7 Å². The lowest BCUT2D eigenvalue weighted by atomic mass is 10.1. The highest BCUT2D eigenvalue weighted by Crippen LogP contribution is 2.30. The molecule has 1 aliphatic rings. The van der Waals surface area contributed by atoms with Crippen LogP contribution in [0.2, 0.25) is 5.02 Å². The first-order chi connectivity index (χ1) is 11.9. The SMILES string of the molecule is CC(C)Cc1nnc(NC(=O)c2ccc(Cl)c(N3CCCC3=O)c2)s1. The van der Waals surface area contributed by atoms with E-state index >= 15 is 0 Å². The van der Waals surface area contributed by atoms with E-state index in [4.69, 9.17) is 11.6 Å². The highest BCUT2D eigenvalue weighted by Gasteiger charge is 2.24. The second-order valence-corrected chi connectivity index (χ2v) is 7.84. The van der Waals surface area contributed by atoms with Crippen LogP contribution in [0.5, 0.6) is 0 Å². The monoisotopic (exact) mass is 378 g/mol. The van der Waals surface area contributed by atoms with Crippen LogP contribution in [-0.2, 0) is 11.2 Å². The molecule has 132 valence electrons. The summed E-state index contributed by atoms with van der Waals surface area (Å²) in [5.41, 5.74) is 1.01. The normalized spacial score (nSPS) is 14.4. The van der Waals surface area contributed by atoms with Crippen molar-refractivity contribution in [1.82, 2.24) is 10.2 Å². The third kappa shape index (κ3) is 4.16. The third-order valence-electron chi connectivity index (χ3n) is 3.84. The van der Waals surface area contributed by atoms with Crippen molar-refractivity contribution in [2.24, 2.45) is 5.92 Å². The van der Waals surface area contributed by atoms with Gasteiger partial charge in [-0.05, 0) is 30.5 Å². The predicted molar refractivity (Wildman–Crippen MR) is 99.4 cm³/mol. The van der Waals surface area contributed by atoms with E-state index < -0.39 is 0 Å². The van der Waals surface area contributed by atoms with Crippen molar-refractivity contribution in [2.75, 3.05) is 16.8 Å². The molecule has 0 radical (unpaired) electrons. The summed E-state index contributed by atoms with van der Waals surface area (Å²) in [6.07, 6.45) is 2.14. The summed E-state index contributed by atoms with van der Waals surface area (Å²) < 4.78 is 0. The van der Waals surface area contributed by atoms with Gasteiger partial charge in [0.1, 0.15) is 5.01 Å². The highest BCUT2D eigenvalue weighted by molar-refractivity contribution is 7.15. The molecule has 0 saturated carbocycles. The van der Waals surface area contributed by atoms with Crippen molar-refractivity contribution in [3.05, 3.63) is 33.8 Å². The molecule has 1 aromatic carbocycles. The number of nitrogens with zero attached hydrogens (tertiary/aromatic N) is 3. The quantitative estimate of drug-likeness (QED) is 0.859. The highest BCUT2D eigenvalue weighted by atomic mass is 35.5. The van der Waals surface area contributed by atoms with E-state index in [0.717, 1.165) is 17.8 Å². The van der Waals surface area contributed by atoms with Crippen LogP contribution in [-0.4, -0.2) is 28.6 Å². The molecule has 0 atom stereocenters. The predicted octanol–water partition coefficient (Wildman–Crippen LogP) is 3.77. The number of hydrogen-bond acceptors (Lipinski definition) is 5. The molecular weight excluding hydrogens is 360 g/mol. The van der Waals surface area contributed by atoms with Gasteiger partial charge in [0, 0.05) is 24.9 Å². The zero-order chi connectivity index (χ0) is 18.0. The van der Waals surface area contributed by atoms with Crippen molar-refractivity contribution in [2.45, 2.75) is 33.1 Å². The average Bonchev–Trinajstić information content (AvgIpc) is 3.16. The Labute approximate surface area is 155 Å². The average molecular weight is 379 g/mol. The summed E-state index contributed by atoms with van der Waals surface area (Å²) in [5, 5.41) is 12.7. The molecule has 8 heteroatoms. The molecular formula is C17H19ClN4O2S. The minimum absolute atomic E-state index is 0.0295. The second kappa shape index (κ2) is 7.49. The fourth-order valence-corrected chi connectivity index (χ4v) is 3.84. The first kappa shape index (κ1) is 17.8. The molecule has 0 unspecified atom stereocenters. The summed E-state index contributed by atoms with van der Waals surface area (Å²) in [4.78, 5) is 26.1. The molecule has 1 aliphatic heterocycles. The molecule has 2 heterocycles. The van der Waals surface area contributed by atoms with Gasteiger partial charge in [0.25, 0.3) is 5.91 Å². The zero-order valence-electron chi connectivity index (χ0n) is 14.1. The van der Waals surface area contributed by atoms with Gasteiger partial charge in [0.2, 0.25) is 11.0 Å². The third-order valence-corrected chi connectivity index (χ3v) is 5.02. The molecule has 0 spiro atoms. The maximum atomic E-state index is 12.5.